The van der Waals surface area contributed by atoms with E-state index in [0.717, 1.165) is 25.7 Å². The van der Waals surface area contributed by atoms with Crippen LogP contribution in [0.4, 0.5) is 10.2 Å². The highest BCUT2D eigenvalue weighted by Gasteiger charge is 2.28. The van der Waals surface area contributed by atoms with Gasteiger partial charge in [0.05, 0.1) is 18.7 Å². The van der Waals surface area contributed by atoms with Crippen molar-refractivity contribution in [3.05, 3.63) is 65.0 Å². The summed E-state index contributed by atoms with van der Waals surface area (Å²) in [6.45, 7) is 0.107. The SMILES string of the molecule is COc1ccccc1C(=O)NCc1ccc(-c2nn(C3CCCC3)c(N)c2C(N)=O)c(F)c1. The number of nitrogens with one attached hydrogen (secondary N) is 1. The Kier molecular flexibility index (Phi) is 6.30. The quantitative estimate of drug-likeness (QED) is 0.508. The Morgan fingerprint density at radius 3 is 2.61 bits per heavy atom. The average Bonchev–Trinajstić information content (AvgIpc) is 3.45. The van der Waals surface area contributed by atoms with Crippen LogP contribution in [0.2, 0.25) is 0 Å². The highest BCUT2D eigenvalue weighted by Crippen LogP contribution is 2.36. The molecular formula is C24H26FN5O3. The Morgan fingerprint density at radius 2 is 1.94 bits per heavy atom. The molecule has 2 amide bonds. The molecule has 172 valence electrons. The molecule has 0 unspecified atom stereocenters. The largest absolute Gasteiger partial charge is 0.496 e. The first-order valence-corrected chi connectivity index (χ1v) is 10.8. The summed E-state index contributed by atoms with van der Waals surface area (Å²) in [7, 11) is 1.49. The third-order valence-corrected chi connectivity index (χ3v) is 5.96. The minimum atomic E-state index is -0.751. The predicted octanol–water partition coefficient (Wildman–Crippen LogP) is 3.42. The van der Waals surface area contributed by atoms with Crippen LogP contribution in [0.1, 0.15) is 58.0 Å². The summed E-state index contributed by atoms with van der Waals surface area (Å²) in [5, 5.41) is 7.23. The topological polar surface area (TPSA) is 125 Å². The van der Waals surface area contributed by atoms with Gasteiger partial charge < -0.3 is 21.5 Å². The number of aromatic nitrogens is 2. The first-order chi connectivity index (χ1) is 15.9. The van der Waals surface area contributed by atoms with E-state index in [1.807, 2.05) is 0 Å². The fourth-order valence-electron chi connectivity index (χ4n) is 4.28. The maximum absolute atomic E-state index is 15.1. The van der Waals surface area contributed by atoms with Gasteiger partial charge in [0.25, 0.3) is 11.8 Å². The summed E-state index contributed by atoms with van der Waals surface area (Å²) in [6.07, 6.45) is 3.90. The molecule has 4 rings (SSSR count). The van der Waals surface area contributed by atoms with E-state index in [2.05, 4.69) is 10.4 Å². The lowest BCUT2D eigenvalue weighted by Gasteiger charge is -2.11. The van der Waals surface area contributed by atoms with Crippen molar-refractivity contribution in [1.29, 1.82) is 0 Å². The lowest BCUT2D eigenvalue weighted by Crippen LogP contribution is -2.23. The van der Waals surface area contributed by atoms with Gasteiger partial charge in [-0.2, -0.15) is 5.10 Å². The molecule has 0 spiro atoms. The molecule has 1 aromatic heterocycles. The van der Waals surface area contributed by atoms with Crippen LogP contribution in [-0.4, -0.2) is 28.7 Å². The molecule has 1 aliphatic rings. The first kappa shape index (κ1) is 22.3. The van der Waals surface area contributed by atoms with Crippen molar-refractivity contribution >= 4 is 17.6 Å². The molecule has 3 aromatic rings. The first-order valence-electron chi connectivity index (χ1n) is 10.8. The van der Waals surface area contributed by atoms with Crippen molar-refractivity contribution in [3.63, 3.8) is 0 Å². The number of hydrogen-bond donors (Lipinski definition) is 3. The third-order valence-electron chi connectivity index (χ3n) is 5.96. The lowest BCUT2D eigenvalue weighted by atomic mass is 10.0. The number of para-hydroxylation sites is 1. The molecule has 0 bridgehead atoms. The van der Waals surface area contributed by atoms with E-state index < -0.39 is 11.7 Å². The number of rotatable bonds is 7. The molecule has 33 heavy (non-hydrogen) atoms. The van der Waals surface area contributed by atoms with E-state index >= 15 is 4.39 Å². The second kappa shape index (κ2) is 9.32. The van der Waals surface area contributed by atoms with Gasteiger partial charge in [-0.05, 0) is 42.7 Å². The van der Waals surface area contributed by atoms with Crippen molar-refractivity contribution in [2.75, 3.05) is 12.8 Å². The third kappa shape index (κ3) is 4.39. The smallest absolute Gasteiger partial charge is 0.255 e. The van der Waals surface area contributed by atoms with Crippen LogP contribution in [-0.2, 0) is 6.54 Å². The van der Waals surface area contributed by atoms with E-state index in [4.69, 9.17) is 16.2 Å². The van der Waals surface area contributed by atoms with Gasteiger partial charge in [0.15, 0.2) is 0 Å². The second-order valence-electron chi connectivity index (χ2n) is 8.05. The molecule has 1 aliphatic carbocycles. The number of primary amides is 1. The molecule has 0 saturated heterocycles. The number of carbonyl (C=O) groups excluding carboxylic acids is 2. The Hall–Kier alpha value is -3.88. The standard InChI is InChI=1S/C24H26FN5O3/c1-33-19-9-5-4-8-17(19)24(32)28-13-14-10-11-16(18(25)12-14)21-20(23(27)31)22(26)30(29-21)15-6-2-3-7-15/h4-5,8-12,15H,2-3,6-7,13,26H2,1H3,(H2,27,31)(H,28,32). The number of methoxy groups -OCH3 is 1. The van der Waals surface area contributed by atoms with Crippen LogP contribution in [0.5, 0.6) is 5.75 Å². The highest BCUT2D eigenvalue weighted by molar-refractivity contribution is 6.03. The summed E-state index contributed by atoms with van der Waals surface area (Å²) in [5.74, 6) is -1.06. The van der Waals surface area contributed by atoms with Crippen LogP contribution in [0.15, 0.2) is 42.5 Å². The summed E-state index contributed by atoms with van der Waals surface area (Å²) in [6, 6.07) is 11.4. The molecule has 0 aliphatic heterocycles. The van der Waals surface area contributed by atoms with Crippen molar-refractivity contribution in [2.45, 2.75) is 38.3 Å². The number of nitrogen functional groups attached to an aromatic ring is 1. The van der Waals surface area contributed by atoms with E-state index in [0.29, 0.717) is 16.9 Å². The Bertz CT molecular complexity index is 1200. The van der Waals surface area contributed by atoms with Gasteiger partial charge in [-0.1, -0.05) is 31.0 Å². The monoisotopic (exact) mass is 451 g/mol. The Morgan fingerprint density at radius 1 is 1.21 bits per heavy atom. The second-order valence-corrected chi connectivity index (χ2v) is 8.05. The molecule has 5 N–H and O–H groups in total. The minimum absolute atomic E-state index is 0.0259. The van der Waals surface area contributed by atoms with Crippen LogP contribution in [0.25, 0.3) is 11.3 Å². The number of anilines is 1. The number of halogens is 1. The number of hydrogen-bond acceptors (Lipinski definition) is 5. The summed E-state index contributed by atoms with van der Waals surface area (Å²) in [4.78, 5) is 24.6. The van der Waals surface area contributed by atoms with Crippen LogP contribution >= 0.6 is 0 Å². The molecule has 1 heterocycles. The molecule has 2 aromatic carbocycles. The van der Waals surface area contributed by atoms with Crippen LogP contribution in [0.3, 0.4) is 0 Å². The number of amides is 2. The van der Waals surface area contributed by atoms with Crippen LogP contribution < -0.4 is 21.5 Å². The maximum Gasteiger partial charge on any atom is 0.255 e. The van der Waals surface area contributed by atoms with Gasteiger partial charge in [0.1, 0.15) is 28.6 Å². The van der Waals surface area contributed by atoms with E-state index in [-0.39, 0.29) is 41.1 Å². The van der Waals surface area contributed by atoms with Crippen LogP contribution in [0, 0.1) is 5.82 Å². The molecular weight excluding hydrogens is 425 g/mol. The Labute approximate surface area is 190 Å². The number of benzene rings is 2. The van der Waals surface area contributed by atoms with Gasteiger partial charge in [-0.3, -0.25) is 9.59 Å². The number of nitrogens with zero attached hydrogens (tertiary/aromatic N) is 2. The zero-order chi connectivity index (χ0) is 23.5. The van der Waals surface area contributed by atoms with Gasteiger partial charge in [0.2, 0.25) is 0 Å². The molecule has 1 fully saturated rings. The average molecular weight is 452 g/mol. The van der Waals surface area contributed by atoms with Gasteiger partial charge >= 0.3 is 0 Å². The summed E-state index contributed by atoms with van der Waals surface area (Å²) in [5.41, 5.74) is 13.0. The van der Waals surface area contributed by atoms with Crippen molar-refractivity contribution in [3.8, 4) is 17.0 Å². The van der Waals surface area contributed by atoms with Gasteiger partial charge in [-0.25, -0.2) is 9.07 Å². The molecule has 0 radical (unpaired) electrons. The molecule has 0 atom stereocenters. The maximum atomic E-state index is 15.1. The summed E-state index contributed by atoms with van der Waals surface area (Å²) < 4.78 is 21.9. The van der Waals surface area contributed by atoms with Crippen molar-refractivity contribution < 1.29 is 18.7 Å². The zero-order valence-electron chi connectivity index (χ0n) is 18.3. The highest BCUT2D eigenvalue weighted by atomic mass is 19.1. The van der Waals surface area contributed by atoms with Gasteiger partial charge in [-0.15, -0.1) is 0 Å². The Balaban J connectivity index is 1.57. The minimum Gasteiger partial charge on any atom is -0.496 e. The lowest BCUT2D eigenvalue weighted by molar-refractivity contribution is 0.0946. The number of ether oxygens (including phenoxy) is 1. The molecule has 8 nitrogen and oxygen atoms in total. The number of carbonyl (C=O) groups is 2. The molecule has 9 heteroatoms. The van der Waals surface area contributed by atoms with E-state index in [1.54, 1.807) is 35.0 Å². The zero-order valence-corrected chi connectivity index (χ0v) is 18.3. The molecule has 1 saturated carbocycles. The predicted molar refractivity (Wildman–Crippen MR) is 122 cm³/mol. The normalized spacial score (nSPS) is 13.8. The van der Waals surface area contributed by atoms with Gasteiger partial charge in [0, 0.05) is 12.1 Å². The van der Waals surface area contributed by atoms with Crippen molar-refractivity contribution in [2.24, 2.45) is 5.73 Å². The number of nitrogens with two attached hydrogens (primary N) is 2. The van der Waals surface area contributed by atoms with E-state index in [1.165, 1.54) is 19.2 Å². The van der Waals surface area contributed by atoms with E-state index in [9.17, 15) is 9.59 Å². The fraction of sp³-hybridized carbons (Fsp3) is 0.292. The summed E-state index contributed by atoms with van der Waals surface area (Å²) >= 11 is 0. The van der Waals surface area contributed by atoms with Crippen molar-refractivity contribution in [1.82, 2.24) is 15.1 Å². The fourth-order valence-corrected chi connectivity index (χ4v) is 4.28.